The third-order valence-electron chi connectivity index (χ3n) is 2.56. The first-order valence-electron chi connectivity index (χ1n) is 5.72. The van der Waals surface area contributed by atoms with Crippen LogP contribution in [0.25, 0.3) is 0 Å². The molecule has 8 heteroatoms. The second-order valence-corrected chi connectivity index (χ2v) is 4.08. The summed E-state index contributed by atoms with van der Waals surface area (Å²) in [5.41, 5.74) is 4.60. The van der Waals surface area contributed by atoms with E-state index in [1.807, 2.05) is 0 Å². The number of rotatable bonds is 3. The van der Waals surface area contributed by atoms with Crippen molar-refractivity contribution in [2.45, 2.75) is 6.18 Å². The van der Waals surface area contributed by atoms with Gasteiger partial charge in [-0.15, -0.1) is 4.91 Å². The zero-order chi connectivity index (χ0) is 15.5. The van der Waals surface area contributed by atoms with Crippen LogP contribution in [0.15, 0.2) is 57.9 Å². The Labute approximate surface area is 117 Å². The van der Waals surface area contributed by atoms with E-state index in [0.717, 1.165) is 12.1 Å². The second-order valence-electron chi connectivity index (χ2n) is 4.08. The number of nitrogen functional groups attached to an aromatic ring is 1. The van der Waals surface area contributed by atoms with Crippen molar-refractivity contribution in [3.05, 3.63) is 52.9 Å². The van der Waals surface area contributed by atoms with Gasteiger partial charge in [-0.2, -0.15) is 23.4 Å². The highest BCUT2D eigenvalue weighted by Crippen LogP contribution is 2.38. The van der Waals surface area contributed by atoms with Gasteiger partial charge in [0.05, 0.1) is 16.9 Å². The van der Waals surface area contributed by atoms with Crippen molar-refractivity contribution < 1.29 is 13.2 Å². The van der Waals surface area contributed by atoms with Crippen molar-refractivity contribution in [2.24, 2.45) is 15.4 Å². The topological polar surface area (TPSA) is 80.2 Å². The van der Waals surface area contributed by atoms with Gasteiger partial charge >= 0.3 is 6.18 Å². The number of hydrogen-bond acceptors (Lipinski definition) is 5. The molecule has 0 heterocycles. The van der Waals surface area contributed by atoms with E-state index < -0.39 is 17.4 Å². The third-order valence-corrected chi connectivity index (χ3v) is 2.56. The molecule has 108 valence electrons. The maximum Gasteiger partial charge on any atom is 0.418 e. The number of nitrogens with two attached hydrogens (primary N) is 1. The summed E-state index contributed by atoms with van der Waals surface area (Å²) in [6.45, 7) is 0. The van der Waals surface area contributed by atoms with Gasteiger partial charge in [-0.1, -0.05) is 0 Å². The molecule has 0 fully saturated rings. The second kappa shape index (κ2) is 5.70. The van der Waals surface area contributed by atoms with Crippen molar-refractivity contribution in [1.82, 2.24) is 0 Å². The molecule has 0 saturated heterocycles. The summed E-state index contributed by atoms with van der Waals surface area (Å²) in [4.78, 5) is 10.4. The van der Waals surface area contributed by atoms with Gasteiger partial charge in [-0.3, -0.25) is 0 Å². The highest BCUT2D eigenvalue weighted by molar-refractivity contribution is 5.55. The van der Waals surface area contributed by atoms with Crippen LogP contribution in [-0.2, 0) is 6.18 Å². The van der Waals surface area contributed by atoms with Crippen LogP contribution in [0.4, 0.5) is 35.9 Å². The molecule has 2 N–H and O–H groups in total. The minimum absolute atomic E-state index is 0.0356. The molecule has 21 heavy (non-hydrogen) atoms. The van der Waals surface area contributed by atoms with E-state index in [1.165, 1.54) is 6.07 Å². The zero-order valence-electron chi connectivity index (χ0n) is 10.5. The number of anilines is 1. The highest BCUT2D eigenvalue weighted by atomic mass is 19.4. The predicted molar refractivity (Wildman–Crippen MR) is 71.9 cm³/mol. The largest absolute Gasteiger partial charge is 0.418 e. The summed E-state index contributed by atoms with van der Waals surface area (Å²) < 4.78 is 38.2. The molecule has 0 bridgehead atoms. The smallest absolute Gasteiger partial charge is 0.399 e. The Kier molecular flexibility index (Phi) is 3.97. The molecule has 0 aliphatic carbocycles. The monoisotopic (exact) mass is 294 g/mol. The molecule has 0 aromatic heterocycles. The molecule has 0 aliphatic heterocycles. The standard InChI is InChI=1S/C13H9F3N4O/c14-13(15,16)11-7-10(5-6-12(11)20-21)19-18-9-3-1-8(17)2-4-9/h1-7H,17H2. The fraction of sp³-hybridized carbons (Fsp3) is 0.0769. The van der Waals surface area contributed by atoms with Gasteiger partial charge in [0.15, 0.2) is 0 Å². The predicted octanol–water partition coefficient (Wildman–Crippen LogP) is 5.10. The molecule has 2 rings (SSSR count). The summed E-state index contributed by atoms with van der Waals surface area (Å²) in [5.74, 6) is 0. The average Bonchev–Trinajstić information content (AvgIpc) is 2.45. The number of nitrogens with zero attached hydrogens (tertiary/aromatic N) is 3. The molecule has 0 atom stereocenters. The molecule has 0 unspecified atom stereocenters. The minimum Gasteiger partial charge on any atom is -0.399 e. The number of benzene rings is 2. The van der Waals surface area contributed by atoms with Gasteiger partial charge in [0.2, 0.25) is 0 Å². The number of hydrogen-bond donors (Lipinski definition) is 1. The van der Waals surface area contributed by atoms with Gasteiger partial charge in [0, 0.05) is 5.69 Å². The quantitative estimate of drug-likeness (QED) is 0.485. The van der Waals surface area contributed by atoms with E-state index in [0.29, 0.717) is 11.4 Å². The third kappa shape index (κ3) is 3.62. The number of alkyl halides is 3. The van der Waals surface area contributed by atoms with Crippen LogP contribution in [-0.4, -0.2) is 0 Å². The summed E-state index contributed by atoms with van der Waals surface area (Å²) in [6, 6.07) is 9.23. The Bertz CT molecular complexity index is 681. The first-order valence-corrected chi connectivity index (χ1v) is 5.72. The molecule has 0 saturated carbocycles. The van der Waals surface area contributed by atoms with Crippen LogP contribution in [0.1, 0.15) is 5.56 Å². The maximum absolute atomic E-state index is 12.7. The van der Waals surface area contributed by atoms with E-state index in [1.54, 1.807) is 24.3 Å². The highest BCUT2D eigenvalue weighted by Gasteiger charge is 2.34. The maximum atomic E-state index is 12.7. The van der Waals surface area contributed by atoms with Gasteiger partial charge in [-0.05, 0) is 47.6 Å². The van der Waals surface area contributed by atoms with E-state index in [9.17, 15) is 18.1 Å². The first kappa shape index (κ1) is 14.6. The van der Waals surface area contributed by atoms with Crippen LogP contribution in [0.3, 0.4) is 0 Å². The van der Waals surface area contributed by atoms with E-state index >= 15 is 0 Å². The Morgan fingerprint density at radius 2 is 1.48 bits per heavy atom. The number of halogens is 3. The van der Waals surface area contributed by atoms with Crippen molar-refractivity contribution in [3.8, 4) is 0 Å². The Hall–Kier alpha value is -2.77. The Balaban J connectivity index is 2.33. The lowest BCUT2D eigenvalue weighted by atomic mass is 10.1. The molecule has 0 amide bonds. The van der Waals surface area contributed by atoms with Gasteiger partial charge < -0.3 is 5.73 Å². The van der Waals surface area contributed by atoms with Crippen molar-refractivity contribution >= 4 is 22.7 Å². The molecule has 5 nitrogen and oxygen atoms in total. The summed E-state index contributed by atoms with van der Waals surface area (Å²) in [5, 5.41) is 9.84. The van der Waals surface area contributed by atoms with Gasteiger partial charge in [0.1, 0.15) is 5.69 Å². The molecule has 0 radical (unpaired) electrons. The van der Waals surface area contributed by atoms with E-state index in [2.05, 4.69) is 15.4 Å². The van der Waals surface area contributed by atoms with Gasteiger partial charge in [-0.25, -0.2) is 0 Å². The van der Waals surface area contributed by atoms with Crippen molar-refractivity contribution in [3.63, 3.8) is 0 Å². The zero-order valence-corrected chi connectivity index (χ0v) is 10.5. The molecule has 0 aliphatic rings. The SMILES string of the molecule is Nc1ccc(N=Nc2ccc(N=O)c(C(F)(F)F)c2)cc1. The summed E-state index contributed by atoms with van der Waals surface area (Å²) in [7, 11) is 0. The fourth-order valence-electron chi connectivity index (χ4n) is 1.55. The molecule has 2 aromatic rings. The lowest BCUT2D eigenvalue weighted by molar-refractivity contribution is -0.137. The average molecular weight is 294 g/mol. The first-order chi connectivity index (χ1) is 9.90. The normalized spacial score (nSPS) is 11.8. The lowest BCUT2D eigenvalue weighted by Crippen LogP contribution is -2.04. The fourth-order valence-corrected chi connectivity index (χ4v) is 1.55. The molecular formula is C13H9F3N4O. The minimum atomic E-state index is -4.68. The van der Waals surface area contributed by atoms with Crippen LogP contribution in [0, 0.1) is 4.91 Å². The lowest BCUT2D eigenvalue weighted by Gasteiger charge is -2.08. The van der Waals surface area contributed by atoms with E-state index in [4.69, 9.17) is 5.73 Å². The molecule has 2 aromatic carbocycles. The van der Waals surface area contributed by atoms with E-state index in [-0.39, 0.29) is 5.69 Å². The molecule has 0 spiro atoms. The van der Waals surface area contributed by atoms with Crippen LogP contribution in [0.2, 0.25) is 0 Å². The van der Waals surface area contributed by atoms with Gasteiger partial charge in [0.25, 0.3) is 0 Å². The Morgan fingerprint density at radius 1 is 0.905 bits per heavy atom. The van der Waals surface area contributed by atoms with Crippen molar-refractivity contribution in [2.75, 3.05) is 5.73 Å². The number of nitroso groups, excluding NO2 is 1. The van der Waals surface area contributed by atoms with Crippen LogP contribution in [0.5, 0.6) is 0 Å². The molecular weight excluding hydrogens is 285 g/mol. The summed E-state index contributed by atoms with van der Waals surface area (Å²) in [6.07, 6.45) is -4.68. The van der Waals surface area contributed by atoms with Crippen molar-refractivity contribution in [1.29, 1.82) is 0 Å². The summed E-state index contributed by atoms with van der Waals surface area (Å²) >= 11 is 0. The van der Waals surface area contributed by atoms with Crippen LogP contribution < -0.4 is 5.73 Å². The Morgan fingerprint density at radius 3 is 2.05 bits per heavy atom. The van der Waals surface area contributed by atoms with Crippen LogP contribution >= 0.6 is 0 Å². The number of azo groups is 1.